The van der Waals surface area contributed by atoms with Crippen LogP contribution < -0.4 is 0 Å². The number of carbonyl (C=O) groups excluding carboxylic acids is 1. The average molecular weight is 319 g/mol. The first-order valence-corrected chi connectivity index (χ1v) is 8.32. The minimum absolute atomic E-state index is 0.0415. The summed E-state index contributed by atoms with van der Waals surface area (Å²) in [7, 11) is 0. The van der Waals surface area contributed by atoms with E-state index in [9.17, 15) is 4.79 Å². The van der Waals surface area contributed by atoms with Crippen molar-refractivity contribution in [2.24, 2.45) is 0 Å². The van der Waals surface area contributed by atoms with Crippen molar-refractivity contribution in [2.75, 3.05) is 6.54 Å². The molecule has 1 aromatic carbocycles. The van der Waals surface area contributed by atoms with Gasteiger partial charge in [-0.2, -0.15) is 0 Å². The Morgan fingerprint density at radius 1 is 1.04 bits per heavy atom. The Bertz CT molecular complexity index is 817. The maximum atomic E-state index is 13.0. The van der Waals surface area contributed by atoms with Crippen LogP contribution in [0, 0.1) is 0 Å². The highest BCUT2D eigenvalue weighted by Crippen LogP contribution is 2.16. The van der Waals surface area contributed by atoms with Crippen molar-refractivity contribution in [1.29, 1.82) is 0 Å². The molecular formula is C20H21N3O. The van der Waals surface area contributed by atoms with Gasteiger partial charge in [-0.15, -0.1) is 0 Å². The van der Waals surface area contributed by atoms with Gasteiger partial charge in [-0.1, -0.05) is 25.5 Å². The van der Waals surface area contributed by atoms with Crippen LogP contribution in [-0.4, -0.2) is 27.3 Å². The molecule has 2 heterocycles. The van der Waals surface area contributed by atoms with Crippen molar-refractivity contribution in [1.82, 2.24) is 14.9 Å². The van der Waals surface area contributed by atoms with Gasteiger partial charge in [-0.25, -0.2) is 0 Å². The molecule has 4 nitrogen and oxygen atoms in total. The first kappa shape index (κ1) is 16.1. The van der Waals surface area contributed by atoms with Gasteiger partial charge < -0.3 is 4.90 Å². The fourth-order valence-corrected chi connectivity index (χ4v) is 2.68. The highest BCUT2D eigenvalue weighted by molar-refractivity contribution is 5.97. The van der Waals surface area contributed by atoms with E-state index in [2.05, 4.69) is 16.9 Å². The molecule has 0 spiro atoms. The first-order chi connectivity index (χ1) is 11.8. The number of nitrogens with zero attached hydrogens (tertiary/aromatic N) is 3. The second kappa shape index (κ2) is 7.68. The van der Waals surface area contributed by atoms with Crippen LogP contribution in [0.4, 0.5) is 0 Å². The zero-order chi connectivity index (χ0) is 16.8. The molecule has 3 rings (SSSR count). The number of hydrogen-bond donors (Lipinski definition) is 0. The summed E-state index contributed by atoms with van der Waals surface area (Å²) in [5.74, 6) is 0.0415. The van der Waals surface area contributed by atoms with E-state index in [4.69, 9.17) is 0 Å². The Morgan fingerprint density at radius 3 is 2.71 bits per heavy atom. The van der Waals surface area contributed by atoms with Gasteiger partial charge >= 0.3 is 0 Å². The minimum atomic E-state index is 0.0415. The summed E-state index contributed by atoms with van der Waals surface area (Å²) in [4.78, 5) is 23.5. The fourth-order valence-electron chi connectivity index (χ4n) is 2.68. The fraction of sp³-hybridized carbons (Fsp3) is 0.250. The van der Waals surface area contributed by atoms with Gasteiger partial charge in [0.1, 0.15) is 0 Å². The molecule has 122 valence electrons. The van der Waals surface area contributed by atoms with E-state index in [1.165, 1.54) is 0 Å². The number of hydrogen-bond acceptors (Lipinski definition) is 3. The molecule has 0 radical (unpaired) electrons. The third-order valence-corrected chi connectivity index (χ3v) is 4.00. The number of carbonyl (C=O) groups is 1. The molecule has 0 atom stereocenters. The largest absolute Gasteiger partial charge is 0.333 e. The number of aromatic nitrogens is 2. The Morgan fingerprint density at radius 2 is 1.92 bits per heavy atom. The third-order valence-electron chi connectivity index (χ3n) is 4.00. The summed E-state index contributed by atoms with van der Waals surface area (Å²) in [5.41, 5.74) is 2.51. The van der Waals surface area contributed by atoms with Gasteiger partial charge in [-0.05, 0) is 42.8 Å². The van der Waals surface area contributed by atoms with Crippen molar-refractivity contribution < 1.29 is 4.79 Å². The second-order valence-electron chi connectivity index (χ2n) is 5.81. The Labute approximate surface area is 142 Å². The summed E-state index contributed by atoms with van der Waals surface area (Å²) in [6.07, 6.45) is 5.55. The molecule has 0 fully saturated rings. The predicted molar refractivity (Wildman–Crippen MR) is 95.6 cm³/mol. The van der Waals surface area contributed by atoms with E-state index < -0.39 is 0 Å². The minimum Gasteiger partial charge on any atom is -0.333 e. The molecule has 24 heavy (non-hydrogen) atoms. The van der Waals surface area contributed by atoms with Crippen molar-refractivity contribution in [3.8, 4) is 0 Å². The Balaban J connectivity index is 1.85. The molecule has 0 aliphatic heterocycles. The molecule has 1 amide bonds. The molecule has 0 aliphatic carbocycles. The van der Waals surface area contributed by atoms with Gasteiger partial charge in [-0.3, -0.25) is 14.8 Å². The van der Waals surface area contributed by atoms with Crippen LogP contribution in [0.25, 0.3) is 10.9 Å². The van der Waals surface area contributed by atoms with Gasteiger partial charge in [0.25, 0.3) is 5.91 Å². The number of pyridine rings is 2. The van der Waals surface area contributed by atoms with E-state index in [1.807, 2.05) is 53.4 Å². The smallest absolute Gasteiger partial charge is 0.254 e. The van der Waals surface area contributed by atoms with Crippen molar-refractivity contribution >= 4 is 16.8 Å². The van der Waals surface area contributed by atoms with Crippen molar-refractivity contribution in [3.05, 3.63) is 72.2 Å². The van der Waals surface area contributed by atoms with Crippen LogP contribution >= 0.6 is 0 Å². The lowest BCUT2D eigenvalue weighted by Gasteiger charge is -2.22. The van der Waals surface area contributed by atoms with E-state index >= 15 is 0 Å². The number of unbranched alkanes of at least 4 members (excludes halogenated alkanes) is 1. The van der Waals surface area contributed by atoms with E-state index in [1.54, 1.807) is 12.4 Å². The van der Waals surface area contributed by atoms with Gasteiger partial charge in [0.05, 0.1) is 17.8 Å². The van der Waals surface area contributed by atoms with Crippen LogP contribution in [0.1, 0.15) is 35.8 Å². The van der Waals surface area contributed by atoms with Crippen LogP contribution in [0.15, 0.2) is 60.9 Å². The van der Waals surface area contributed by atoms with E-state index in [-0.39, 0.29) is 5.91 Å². The molecule has 0 unspecified atom stereocenters. The SMILES string of the molecule is CCCCN(Cc1ccccn1)C(=O)c1ccc2ncccc2c1. The molecule has 4 heteroatoms. The second-order valence-corrected chi connectivity index (χ2v) is 5.81. The number of benzene rings is 1. The number of fused-ring (bicyclic) bond motifs is 1. The molecular weight excluding hydrogens is 298 g/mol. The molecule has 3 aromatic rings. The highest BCUT2D eigenvalue weighted by Gasteiger charge is 2.16. The number of rotatable bonds is 6. The lowest BCUT2D eigenvalue weighted by atomic mass is 10.1. The van der Waals surface area contributed by atoms with Gasteiger partial charge in [0.15, 0.2) is 0 Å². The Kier molecular flexibility index (Phi) is 5.16. The quantitative estimate of drug-likeness (QED) is 0.688. The van der Waals surface area contributed by atoms with E-state index in [0.717, 1.165) is 36.0 Å². The lowest BCUT2D eigenvalue weighted by Crippen LogP contribution is -2.31. The predicted octanol–water partition coefficient (Wildman–Crippen LogP) is 4.07. The number of amides is 1. The summed E-state index contributed by atoms with van der Waals surface area (Å²) >= 11 is 0. The molecule has 0 aliphatic rings. The van der Waals surface area contributed by atoms with E-state index in [0.29, 0.717) is 12.1 Å². The molecule has 0 bridgehead atoms. The standard InChI is InChI=1S/C20H21N3O/c1-2-3-13-23(15-18-8-4-5-11-21-18)20(24)17-9-10-19-16(14-17)7-6-12-22-19/h4-12,14H,2-3,13,15H2,1H3. The average Bonchev–Trinajstić information content (AvgIpc) is 2.65. The maximum Gasteiger partial charge on any atom is 0.254 e. The first-order valence-electron chi connectivity index (χ1n) is 8.32. The summed E-state index contributed by atoms with van der Waals surface area (Å²) in [6.45, 7) is 3.40. The monoisotopic (exact) mass is 319 g/mol. The highest BCUT2D eigenvalue weighted by atomic mass is 16.2. The maximum absolute atomic E-state index is 13.0. The molecule has 0 saturated heterocycles. The zero-order valence-electron chi connectivity index (χ0n) is 13.9. The third kappa shape index (κ3) is 3.77. The normalized spacial score (nSPS) is 10.7. The van der Waals surface area contributed by atoms with Gasteiger partial charge in [0.2, 0.25) is 0 Å². The summed E-state index contributed by atoms with van der Waals surface area (Å²) < 4.78 is 0. The summed E-state index contributed by atoms with van der Waals surface area (Å²) in [6, 6.07) is 15.3. The van der Waals surface area contributed by atoms with Crippen LogP contribution in [0.5, 0.6) is 0 Å². The topological polar surface area (TPSA) is 46.1 Å². The van der Waals surface area contributed by atoms with Crippen molar-refractivity contribution in [3.63, 3.8) is 0 Å². The molecule has 2 aromatic heterocycles. The summed E-state index contributed by atoms with van der Waals surface area (Å²) in [5, 5.41) is 0.983. The van der Waals surface area contributed by atoms with Crippen LogP contribution in [-0.2, 0) is 6.54 Å². The van der Waals surface area contributed by atoms with Crippen LogP contribution in [0.2, 0.25) is 0 Å². The Hall–Kier alpha value is -2.75. The van der Waals surface area contributed by atoms with Gasteiger partial charge in [0, 0.05) is 29.9 Å². The molecule has 0 N–H and O–H groups in total. The van der Waals surface area contributed by atoms with Crippen LogP contribution in [0.3, 0.4) is 0 Å². The zero-order valence-corrected chi connectivity index (χ0v) is 13.9. The molecule has 0 saturated carbocycles. The van der Waals surface area contributed by atoms with Crippen molar-refractivity contribution in [2.45, 2.75) is 26.3 Å². The lowest BCUT2D eigenvalue weighted by molar-refractivity contribution is 0.0739.